The quantitative estimate of drug-likeness (QED) is 0.687. The first kappa shape index (κ1) is 15.7. The maximum atomic E-state index is 12.3. The van der Waals surface area contributed by atoms with E-state index in [0.717, 1.165) is 5.69 Å². The molecule has 0 saturated heterocycles. The zero-order valence-electron chi connectivity index (χ0n) is 11.9. The van der Waals surface area contributed by atoms with E-state index < -0.39 is 18.6 Å². The van der Waals surface area contributed by atoms with Crippen molar-refractivity contribution < 1.29 is 14.7 Å². The molecule has 0 aliphatic heterocycles. The van der Waals surface area contributed by atoms with Crippen LogP contribution in [0.2, 0.25) is 0 Å². The second kappa shape index (κ2) is 7.94. The average Bonchev–Trinajstić information content (AvgIpc) is 3.06. The van der Waals surface area contributed by atoms with Gasteiger partial charge in [-0.25, -0.2) is 10.1 Å². The molecule has 2 amide bonds. The number of imidazole rings is 1. The van der Waals surface area contributed by atoms with E-state index in [1.807, 2.05) is 6.07 Å². The molecule has 7 nitrogen and oxygen atoms in total. The Labute approximate surface area is 127 Å². The molecule has 1 heterocycles. The number of hydrogen-bond acceptors (Lipinski definition) is 3. The minimum Gasteiger partial charge on any atom is -0.354 e. The van der Waals surface area contributed by atoms with Crippen LogP contribution in [0.4, 0.5) is 0 Å². The lowest BCUT2D eigenvalue weighted by molar-refractivity contribution is -0.131. The number of aromatic nitrogens is 2. The van der Waals surface area contributed by atoms with Gasteiger partial charge in [-0.05, 0) is 5.56 Å². The molecule has 7 heteroatoms. The lowest BCUT2D eigenvalue weighted by atomic mass is 10.1. The average molecular weight is 301 g/mol. The van der Waals surface area contributed by atoms with E-state index >= 15 is 0 Å². The number of carbonyl (C=O) groups excluding carboxylic acids is 2. The molecule has 1 radical (unpaired) electrons. The Kier molecular flexibility index (Phi) is 5.67. The minimum absolute atomic E-state index is 0.358. The first-order valence-electron chi connectivity index (χ1n) is 6.88. The Bertz CT molecular complexity index is 599. The summed E-state index contributed by atoms with van der Waals surface area (Å²) in [5, 5.41) is 15.8. The highest BCUT2D eigenvalue weighted by atomic mass is 16.3. The molecule has 3 N–H and O–H groups in total. The van der Waals surface area contributed by atoms with Gasteiger partial charge in [0.1, 0.15) is 6.04 Å². The highest BCUT2D eigenvalue weighted by Crippen LogP contribution is 2.12. The molecule has 0 spiro atoms. The maximum absolute atomic E-state index is 12.3. The molecular formula is C15H17N4O3. The fourth-order valence-corrected chi connectivity index (χ4v) is 1.99. The molecule has 0 aliphatic carbocycles. The van der Waals surface area contributed by atoms with Crippen LogP contribution in [0.25, 0.3) is 0 Å². The lowest BCUT2D eigenvalue weighted by Crippen LogP contribution is -2.41. The number of amides is 2. The van der Waals surface area contributed by atoms with Crippen LogP contribution in [-0.2, 0) is 21.1 Å². The van der Waals surface area contributed by atoms with Crippen molar-refractivity contribution in [1.29, 1.82) is 0 Å². The molecule has 1 aromatic heterocycles. The summed E-state index contributed by atoms with van der Waals surface area (Å²) in [5.74, 6) is -1.07. The van der Waals surface area contributed by atoms with Crippen molar-refractivity contribution in [2.24, 2.45) is 0 Å². The number of nitrogens with one attached hydrogen (secondary N) is 3. The van der Waals surface area contributed by atoms with Crippen molar-refractivity contribution >= 4 is 11.8 Å². The molecule has 0 saturated carbocycles. The third-order valence-electron chi connectivity index (χ3n) is 3.07. The van der Waals surface area contributed by atoms with E-state index in [0.29, 0.717) is 18.5 Å². The van der Waals surface area contributed by atoms with Crippen LogP contribution in [0.15, 0.2) is 42.9 Å². The maximum Gasteiger partial charge on any atom is 0.250 e. The van der Waals surface area contributed by atoms with Gasteiger partial charge >= 0.3 is 0 Å². The summed E-state index contributed by atoms with van der Waals surface area (Å²) in [6.45, 7) is -0.524. The predicted octanol–water partition coefficient (Wildman–Crippen LogP) is 0.356. The van der Waals surface area contributed by atoms with Gasteiger partial charge in [-0.15, -0.1) is 0 Å². The van der Waals surface area contributed by atoms with Gasteiger partial charge in [0.2, 0.25) is 11.8 Å². The summed E-state index contributed by atoms with van der Waals surface area (Å²) < 4.78 is 0. The highest BCUT2D eigenvalue weighted by molar-refractivity contribution is 5.88. The van der Waals surface area contributed by atoms with Crippen LogP contribution in [0.1, 0.15) is 17.3 Å². The minimum atomic E-state index is -0.913. The molecule has 115 valence electrons. The molecule has 1 aromatic carbocycles. The second-order valence-electron chi connectivity index (χ2n) is 4.66. The third-order valence-corrected chi connectivity index (χ3v) is 3.07. The predicted molar refractivity (Wildman–Crippen MR) is 78.2 cm³/mol. The molecule has 0 aliphatic rings. The Morgan fingerprint density at radius 1 is 1.23 bits per heavy atom. The monoisotopic (exact) mass is 301 g/mol. The van der Waals surface area contributed by atoms with Crippen LogP contribution >= 0.6 is 0 Å². The number of nitrogens with zero attached hydrogens (tertiary/aromatic N) is 1. The topological polar surface area (TPSA) is 107 Å². The number of rotatable bonds is 7. The molecular weight excluding hydrogens is 284 g/mol. The van der Waals surface area contributed by atoms with Gasteiger partial charge in [-0.3, -0.25) is 9.59 Å². The van der Waals surface area contributed by atoms with Crippen molar-refractivity contribution in [1.82, 2.24) is 20.6 Å². The van der Waals surface area contributed by atoms with Crippen molar-refractivity contribution in [2.45, 2.75) is 12.5 Å². The van der Waals surface area contributed by atoms with E-state index in [1.54, 1.807) is 36.8 Å². The van der Waals surface area contributed by atoms with E-state index in [2.05, 4.69) is 20.6 Å². The molecule has 2 aromatic rings. The summed E-state index contributed by atoms with van der Waals surface area (Å²) in [6, 6.07) is 7.92. The van der Waals surface area contributed by atoms with Gasteiger partial charge in [0.25, 0.3) is 0 Å². The molecule has 0 fully saturated rings. The van der Waals surface area contributed by atoms with Gasteiger partial charge in [-0.1, -0.05) is 30.3 Å². The van der Waals surface area contributed by atoms with Crippen LogP contribution in [0.3, 0.4) is 0 Å². The largest absolute Gasteiger partial charge is 0.354 e. The van der Waals surface area contributed by atoms with E-state index in [1.165, 1.54) is 0 Å². The fraction of sp³-hybridized carbons (Fsp3) is 0.267. The van der Waals surface area contributed by atoms with Crippen molar-refractivity contribution in [3.63, 3.8) is 0 Å². The zero-order valence-corrected chi connectivity index (χ0v) is 11.9. The molecule has 0 bridgehead atoms. The number of aromatic amines is 1. The van der Waals surface area contributed by atoms with E-state index in [-0.39, 0.29) is 5.91 Å². The molecule has 22 heavy (non-hydrogen) atoms. The van der Waals surface area contributed by atoms with Gasteiger partial charge in [-0.2, -0.15) is 0 Å². The summed E-state index contributed by atoms with van der Waals surface area (Å²) in [7, 11) is 0. The summed E-state index contributed by atoms with van der Waals surface area (Å²) in [4.78, 5) is 30.5. The Balaban J connectivity index is 1.97. The second-order valence-corrected chi connectivity index (χ2v) is 4.66. The standard InChI is InChI=1S/C15H17N4O3/c20-9-13(21)19-14(11-4-2-1-3-5-11)15(22)17-7-6-12-8-16-10-18-12/h1-5,8,10,14H,6-7,9H2,(H,16,18)(H,17,22)(H,19,21)/t14-/m1/s1. The van der Waals surface area contributed by atoms with Crippen molar-refractivity contribution in [3.8, 4) is 0 Å². The first-order valence-corrected chi connectivity index (χ1v) is 6.88. The van der Waals surface area contributed by atoms with Crippen LogP contribution in [0.5, 0.6) is 0 Å². The Morgan fingerprint density at radius 2 is 2.00 bits per heavy atom. The summed E-state index contributed by atoms with van der Waals surface area (Å²) in [6.07, 6.45) is 3.89. The zero-order chi connectivity index (χ0) is 15.8. The third kappa shape index (κ3) is 4.42. The van der Waals surface area contributed by atoms with Crippen LogP contribution in [-0.4, -0.2) is 34.9 Å². The van der Waals surface area contributed by atoms with E-state index in [4.69, 9.17) is 0 Å². The summed E-state index contributed by atoms with van der Waals surface area (Å²) in [5.41, 5.74) is 1.46. The van der Waals surface area contributed by atoms with Gasteiger partial charge in [0.05, 0.1) is 12.0 Å². The Hall–Kier alpha value is -2.67. The highest BCUT2D eigenvalue weighted by Gasteiger charge is 2.22. The first-order chi connectivity index (χ1) is 10.7. The molecule has 0 unspecified atom stereocenters. The van der Waals surface area contributed by atoms with Crippen LogP contribution in [0, 0.1) is 0 Å². The summed E-state index contributed by atoms with van der Waals surface area (Å²) >= 11 is 0. The van der Waals surface area contributed by atoms with Crippen molar-refractivity contribution in [2.75, 3.05) is 13.2 Å². The number of carbonyl (C=O) groups is 2. The SMILES string of the molecule is [O]CC(=O)N[C@@H](C(=O)NCCc1c[nH]cn1)c1ccccc1. The van der Waals surface area contributed by atoms with Gasteiger partial charge in [0.15, 0.2) is 6.61 Å². The van der Waals surface area contributed by atoms with Crippen LogP contribution < -0.4 is 10.6 Å². The van der Waals surface area contributed by atoms with Gasteiger partial charge in [0, 0.05) is 19.2 Å². The number of H-pyrrole nitrogens is 1. The molecule has 1 atom stereocenters. The lowest BCUT2D eigenvalue weighted by Gasteiger charge is -2.18. The van der Waals surface area contributed by atoms with Crippen molar-refractivity contribution in [3.05, 3.63) is 54.1 Å². The van der Waals surface area contributed by atoms with E-state index in [9.17, 15) is 14.7 Å². The smallest absolute Gasteiger partial charge is 0.250 e. The fourth-order valence-electron chi connectivity index (χ4n) is 1.99. The number of benzene rings is 1. The molecule has 2 rings (SSSR count). The normalized spacial score (nSPS) is 11.7. The number of hydrogen-bond donors (Lipinski definition) is 3. The van der Waals surface area contributed by atoms with Gasteiger partial charge < -0.3 is 15.6 Å². The Morgan fingerprint density at radius 3 is 2.64 bits per heavy atom.